The van der Waals surface area contributed by atoms with Crippen molar-refractivity contribution in [2.45, 2.75) is 55.6 Å². The van der Waals surface area contributed by atoms with Gasteiger partial charge >= 0.3 is 23.9 Å². The molecule has 0 amide bonds. The van der Waals surface area contributed by atoms with Crippen molar-refractivity contribution in [3.63, 3.8) is 0 Å². The first kappa shape index (κ1) is 66.9. The summed E-state index contributed by atoms with van der Waals surface area (Å²) in [6.07, 6.45) is 0. The highest BCUT2D eigenvalue weighted by atomic mass is 35.5. The number of aryl methyl sites for hydroxylation is 2. The van der Waals surface area contributed by atoms with Crippen LogP contribution in [0, 0.1) is 13.8 Å². The molecule has 0 aliphatic rings. The van der Waals surface area contributed by atoms with Crippen LogP contribution in [0.3, 0.4) is 0 Å². The summed E-state index contributed by atoms with van der Waals surface area (Å²) in [5.41, 5.74) is 3.52. The Hall–Kier alpha value is -5.32. The lowest BCUT2D eigenvalue weighted by Gasteiger charge is -2.01. The molecule has 17 heteroatoms. The number of ether oxygens (including phenoxy) is 1. The zero-order chi connectivity index (χ0) is 42.1. The summed E-state index contributed by atoms with van der Waals surface area (Å²) >= 11 is 9.53. The van der Waals surface area contributed by atoms with Gasteiger partial charge in [0.05, 0.1) is 5.34 Å². The molecule has 0 saturated heterocycles. The smallest absolute Gasteiger partial charge is 0.374 e. The van der Waals surface area contributed by atoms with E-state index in [1.54, 1.807) is 0 Å². The number of benzene rings is 3. The van der Waals surface area contributed by atoms with E-state index in [9.17, 15) is 38.4 Å². The highest BCUT2D eigenvalue weighted by Crippen LogP contribution is 2.00. The van der Waals surface area contributed by atoms with E-state index in [-0.39, 0.29) is 24.8 Å². The van der Waals surface area contributed by atoms with Crippen molar-refractivity contribution < 1.29 is 74.1 Å². The topological polar surface area (TPSA) is 278 Å². The Morgan fingerprint density at radius 2 is 0.704 bits per heavy atom. The second-order valence-corrected chi connectivity index (χ2v) is 9.42. The molecule has 0 aromatic heterocycles. The van der Waals surface area contributed by atoms with Gasteiger partial charge in [-0.1, -0.05) is 110 Å². The Bertz CT molecular complexity index is 1260. The van der Waals surface area contributed by atoms with E-state index in [0.29, 0.717) is 0 Å². The van der Waals surface area contributed by atoms with Crippen molar-refractivity contribution in [1.29, 1.82) is 0 Å². The quantitative estimate of drug-likeness (QED) is 0.0973. The van der Waals surface area contributed by atoms with Crippen LogP contribution in [-0.4, -0.2) is 97.6 Å². The third-order valence-electron chi connectivity index (χ3n) is 4.28. The van der Waals surface area contributed by atoms with Crippen LogP contribution >= 0.6 is 23.2 Å². The highest BCUT2D eigenvalue weighted by molar-refractivity contribution is 6.40. The molecule has 3 aromatic carbocycles. The van der Waals surface area contributed by atoms with Crippen LogP contribution in [0.5, 0.6) is 0 Å². The lowest BCUT2D eigenvalue weighted by molar-refractivity contribution is -0.153. The molecule has 0 radical (unpaired) electrons. The monoisotopic (exact) mass is 812 g/mol. The molecular formula is C37H54Cl2O15. The number of hydrogen-bond donors (Lipinski definition) is 5. The number of alkyl halides is 2. The summed E-state index contributed by atoms with van der Waals surface area (Å²) in [6, 6.07) is 29.7. The first-order chi connectivity index (χ1) is 24.3. The molecule has 0 spiro atoms. The second-order valence-electron chi connectivity index (χ2n) is 8.61. The minimum atomic E-state index is -1.38. The van der Waals surface area contributed by atoms with Gasteiger partial charge in [-0.05, 0) is 19.4 Å². The zero-order valence-electron chi connectivity index (χ0n) is 30.7. The lowest BCUT2D eigenvalue weighted by atomic mass is 10.2. The Morgan fingerprint density at radius 3 is 0.852 bits per heavy atom. The maximum absolute atomic E-state index is 10.7. The Labute approximate surface area is 326 Å². The maximum Gasteiger partial charge on any atom is 0.374 e. The summed E-state index contributed by atoms with van der Waals surface area (Å²) in [7, 11) is 2.00. The molecule has 0 fully saturated rings. The molecule has 3 rings (SSSR count). The van der Waals surface area contributed by atoms with Crippen molar-refractivity contribution in [3.8, 4) is 0 Å². The van der Waals surface area contributed by atoms with Crippen LogP contribution < -0.4 is 0 Å². The van der Waals surface area contributed by atoms with Crippen molar-refractivity contribution >= 4 is 70.2 Å². The Kier molecular flexibility index (Phi) is 61.7. The first-order valence-electron chi connectivity index (χ1n) is 14.3. The van der Waals surface area contributed by atoms with E-state index in [1.165, 1.54) is 18.1 Å². The number of carbonyl (C=O) groups is 8. The molecule has 0 unspecified atom stereocenters. The fraction of sp³-hybridized carbons (Fsp3) is 0.297. The molecule has 3 aromatic rings. The van der Waals surface area contributed by atoms with E-state index < -0.39 is 47.0 Å². The minimum absolute atomic E-state index is 0. The number of Topliss-reactive ketones (excluding diaryl/α,β-unsaturated/α-hetero) is 4. The third-order valence-corrected chi connectivity index (χ3v) is 4.28. The van der Waals surface area contributed by atoms with Gasteiger partial charge in [-0.15, -0.1) is 23.2 Å². The molecule has 54 heavy (non-hydrogen) atoms. The van der Waals surface area contributed by atoms with Crippen LogP contribution in [0.1, 0.15) is 51.8 Å². The van der Waals surface area contributed by atoms with E-state index in [2.05, 4.69) is 38.1 Å². The largest absolute Gasteiger partial charge is 0.476 e. The van der Waals surface area contributed by atoms with E-state index in [4.69, 9.17) is 53.5 Å². The van der Waals surface area contributed by atoms with Gasteiger partial charge in [0.25, 0.3) is 0 Å². The SMILES string of the molecule is C.CC(=O)[13C](=O)O.CC(=O)[13C](=O)O.CC(=O)[13C](=O)O.CC(=O)[13C](=O)OCc1ccccc1.CO.CO.Cc1ccccc1.Cc1ccccc1.ClCCl.O. The molecule has 0 atom stereocenters. The molecule has 0 saturated carbocycles. The Balaban J connectivity index is -0.0000000771. The summed E-state index contributed by atoms with van der Waals surface area (Å²) < 4.78 is 4.70. The van der Waals surface area contributed by atoms with Crippen molar-refractivity contribution in [2.75, 3.05) is 19.6 Å². The predicted molar refractivity (Wildman–Crippen MR) is 207 cm³/mol. The third kappa shape index (κ3) is 61.9. The number of rotatable bonds is 6. The number of carboxylic acid groups (broad SMARTS) is 3. The number of hydrogen-bond acceptors (Lipinski definition) is 11. The van der Waals surface area contributed by atoms with Crippen LogP contribution in [0.25, 0.3) is 0 Å². The van der Waals surface area contributed by atoms with Gasteiger partial charge in [-0.25, -0.2) is 19.2 Å². The van der Waals surface area contributed by atoms with Gasteiger partial charge in [0, 0.05) is 41.9 Å². The van der Waals surface area contributed by atoms with Crippen molar-refractivity contribution in [3.05, 3.63) is 108 Å². The number of aliphatic hydroxyl groups excluding tert-OH is 2. The average Bonchev–Trinajstić information content (AvgIpc) is 3.11. The standard InChI is InChI=1S/C10H10O3.2C7H8.3C3H4O3.CH2Cl2.2CH4O.CH4.H2O/c1-8(11)10(12)13-7-9-5-3-2-4-6-9;2*1-7-5-3-2-4-6-7;3*1-2(4)3(5)6;2-1-3;2*1-2;;/h2-6H,7H2,1H3;2*2-6H,1H3;3*1H3,(H,5,6);1H2;2*2H,1H3;1H4;1H2/i10+1;;;3*3+1;;;;;. The van der Waals surface area contributed by atoms with Gasteiger partial charge in [0.2, 0.25) is 23.1 Å². The van der Waals surface area contributed by atoms with Crippen LogP contribution in [0.15, 0.2) is 91.0 Å². The van der Waals surface area contributed by atoms with Gasteiger partial charge in [-0.2, -0.15) is 0 Å². The molecule has 15 nitrogen and oxygen atoms in total. The highest BCUT2D eigenvalue weighted by Gasteiger charge is 2.08. The molecule has 0 aliphatic carbocycles. The fourth-order valence-electron chi connectivity index (χ4n) is 1.89. The van der Waals surface area contributed by atoms with Gasteiger partial charge in [0.15, 0.2) is 0 Å². The minimum Gasteiger partial charge on any atom is -0.476 e. The van der Waals surface area contributed by atoms with Crippen molar-refractivity contribution in [1.82, 2.24) is 0 Å². The number of carboxylic acids is 3. The van der Waals surface area contributed by atoms with E-state index in [0.717, 1.165) is 40.6 Å². The number of aliphatic carboxylic acids is 3. The summed E-state index contributed by atoms with van der Waals surface area (Å²) in [4.78, 5) is 77.9. The average molecular weight is 814 g/mol. The van der Waals surface area contributed by atoms with Crippen LogP contribution in [-0.2, 0) is 49.7 Å². The molecule has 306 valence electrons. The molecule has 0 aliphatic heterocycles. The van der Waals surface area contributed by atoms with Gasteiger partial charge in [0.1, 0.15) is 6.61 Å². The summed E-state index contributed by atoms with van der Waals surface area (Å²) in [6.45, 7) is 8.51. The van der Waals surface area contributed by atoms with E-state index in [1.807, 2.05) is 66.7 Å². The summed E-state index contributed by atoms with van der Waals surface area (Å²) in [5, 5.41) is 37.1. The Morgan fingerprint density at radius 1 is 0.500 bits per heavy atom. The number of esters is 1. The van der Waals surface area contributed by atoms with Gasteiger partial charge < -0.3 is 35.7 Å². The molecular weight excluding hydrogens is 759 g/mol. The number of carbonyl (C=O) groups excluding carboxylic acids is 5. The lowest BCUT2D eigenvalue weighted by Crippen LogP contribution is -2.13. The number of aliphatic hydroxyl groups is 2. The van der Waals surface area contributed by atoms with Gasteiger partial charge in [-0.3, -0.25) is 19.2 Å². The van der Waals surface area contributed by atoms with Crippen LogP contribution in [0.2, 0.25) is 0 Å². The molecule has 0 bridgehead atoms. The van der Waals surface area contributed by atoms with E-state index >= 15 is 0 Å². The molecule has 0 heterocycles. The van der Waals surface area contributed by atoms with Crippen LogP contribution in [0.4, 0.5) is 0 Å². The summed E-state index contributed by atoms with van der Waals surface area (Å²) in [5.74, 6) is -7.97. The second kappa shape index (κ2) is 49.8. The number of ketones is 4. The van der Waals surface area contributed by atoms with Crippen molar-refractivity contribution in [2.24, 2.45) is 0 Å². The first-order valence-corrected chi connectivity index (χ1v) is 15.4. The molecule has 7 N–H and O–H groups in total. The zero-order valence-corrected chi connectivity index (χ0v) is 32.3. The maximum atomic E-state index is 10.7. The fourth-order valence-corrected chi connectivity index (χ4v) is 1.89. The normalized spacial score (nSPS) is 7.56. The number of halogens is 2. The predicted octanol–water partition coefficient (Wildman–Crippen LogP) is 4.74.